The van der Waals surface area contributed by atoms with E-state index in [4.69, 9.17) is 9.47 Å². The fraction of sp³-hybridized carbons (Fsp3) is 0.964. The second-order valence-electron chi connectivity index (χ2n) is 11.2. The lowest BCUT2D eigenvalue weighted by Gasteiger charge is -2.40. The Bertz CT molecular complexity index is 651. The van der Waals surface area contributed by atoms with Crippen molar-refractivity contribution in [2.75, 3.05) is 26.3 Å². The third-order valence-corrected chi connectivity index (χ3v) is 8.08. The zero-order valence-electron chi connectivity index (χ0n) is 23.6. The molecule has 0 aromatic heterocycles. The van der Waals surface area contributed by atoms with Gasteiger partial charge in [-0.25, -0.2) is 0 Å². The van der Waals surface area contributed by atoms with Crippen molar-refractivity contribution in [2.24, 2.45) is 5.92 Å². The smallest absolute Gasteiger partial charge is 0.220 e. The number of aliphatic hydroxyl groups excluding tert-OH is 6. The van der Waals surface area contributed by atoms with Gasteiger partial charge in [0, 0.05) is 6.42 Å². The molecule has 11 heteroatoms. The van der Waals surface area contributed by atoms with Crippen LogP contribution in [0.4, 0.5) is 0 Å². The molecule has 11 nitrogen and oxygen atoms in total. The molecule has 39 heavy (non-hydrogen) atoms. The number of ether oxygens (including phenoxy) is 2. The van der Waals surface area contributed by atoms with Crippen molar-refractivity contribution in [3.63, 3.8) is 0 Å². The van der Waals surface area contributed by atoms with Crippen LogP contribution in [-0.2, 0) is 14.3 Å². The van der Waals surface area contributed by atoms with Crippen molar-refractivity contribution in [1.82, 2.24) is 10.6 Å². The van der Waals surface area contributed by atoms with Gasteiger partial charge in [-0.1, -0.05) is 58.3 Å². The number of amides is 1. The van der Waals surface area contributed by atoms with E-state index in [-0.39, 0.29) is 25.4 Å². The van der Waals surface area contributed by atoms with Gasteiger partial charge in [-0.2, -0.15) is 0 Å². The molecule has 2 fully saturated rings. The third-order valence-electron chi connectivity index (χ3n) is 8.08. The van der Waals surface area contributed by atoms with Crippen molar-refractivity contribution < 1.29 is 44.9 Å². The molecular formula is C28H54N2O9. The summed E-state index contributed by atoms with van der Waals surface area (Å²) in [6, 6.07) is -0.982. The van der Waals surface area contributed by atoms with E-state index in [1.165, 1.54) is 58.0 Å². The number of carbonyl (C=O) groups is 1. The quantitative estimate of drug-likeness (QED) is 0.102. The first-order valence-corrected chi connectivity index (χ1v) is 15.1. The summed E-state index contributed by atoms with van der Waals surface area (Å²) in [5, 5.41) is 66.1. The molecule has 0 aromatic carbocycles. The van der Waals surface area contributed by atoms with Crippen LogP contribution < -0.4 is 10.6 Å². The first-order chi connectivity index (χ1) is 18.8. The van der Waals surface area contributed by atoms with Crippen LogP contribution in [0, 0.1) is 5.92 Å². The van der Waals surface area contributed by atoms with Gasteiger partial charge in [-0.05, 0) is 44.7 Å². The summed E-state index contributed by atoms with van der Waals surface area (Å²) < 4.78 is 10.8. The molecule has 2 aliphatic rings. The monoisotopic (exact) mass is 562 g/mol. The highest BCUT2D eigenvalue weighted by Crippen LogP contribution is 2.23. The van der Waals surface area contributed by atoms with Gasteiger partial charge in [0.2, 0.25) is 5.91 Å². The predicted octanol–water partition coefficient (Wildman–Crippen LogP) is 0.320. The van der Waals surface area contributed by atoms with Crippen LogP contribution in [0.2, 0.25) is 0 Å². The van der Waals surface area contributed by atoms with Gasteiger partial charge in [0.15, 0.2) is 6.29 Å². The second-order valence-corrected chi connectivity index (χ2v) is 11.2. The van der Waals surface area contributed by atoms with Crippen LogP contribution >= 0.6 is 0 Å². The summed E-state index contributed by atoms with van der Waals surface area (Å²) in [4.78, 5) is 12.6. The molecule has 2 aliphatic heterocycles. The van der Waals surface area contributed by atoms with Gasteiger partial charge < -0.3 is 50.7 Å². The van der Waals surface area contributed by atoms with Crippen LogP contribution in [0.3, 0.4) is 0 Å². The van der Waals surface area contributed by atoms with Gasteiger partial charge in [-0.3, -0.25) is 4.79 Å². The number of piperidine rings is 1. The second kappa shape index (κ2) is 19.3. The first-order valence-electron chi connectivity index (χ1n) is 15.1. The fourth-order valence-electron chi connectivity index (χ4n) is 5.37. The minimum atomic E-state index is -1.60. The summed E-state index contributed by atoms with van der Waals surface area (Å²) in [5.74, 6) is 0.625. The van der Waals surface area contributed by atoms with Crippen molar-refractivity contribution in [3.05, 3.63) is 0 Å². The third kappa shape index (κ3) is 12.2. The topological polar surface area (TPSA) is 181 Å². The Morgan fingerprint density at radius 3 is 2.18 bits per heavy atom. The molecule has 8 N–H and O–H groups in total. The number of nitrogens with one attached hydrogen (secondary N) is 2. The molecule has 2 saturated heterocycles. The van der Waals surface area contributed by atoms with Gasteiger partial charge in [0.25, 0.3) is 0 Å². The Hall–Kier alpha value is -0.890. The van der Waals surface area contributed by atoms with Gasteiger partial charge in [0.05, 0.1) is 25.4 Å². The molecule has 5 unspecified atom stereocenters. The highest BCUT2D eigenvalue weighted by molar-refractivity contribution is 5.76. The van der Waals surface area contributed by atoms with Crippen LogP contribution in [0.25, 0.3) is 0 Å². The minimum Gasteiger partial charge on any atom is -0.394 e. The lowest BCUT2D eigenvalue weighted by Crippen LogP contribution is -2.60. The van der Waals surface area contributed by atoms with E-state index in [0.717, 1.165) is 25.2 Å². The van der Waals surface area contributed by atoms with Gasteiger partial charge >= 0.3 is 0 Å². The highest BCUT2D eigenvalue weighted by atomic mass is 16.7. The van der Waals surface area contributed by atoms with Crippen molar-refractivity contribution >= 4 is 5.91 Å². The molecule has 0 aromatic rings. The standard InChI is InChI=1S/C28H54N2O9/c1-2-21(32)24(34)20(18-38-28-27(37)26(36)25(35)22(17-31)39-28)30-23(33)12-10-8-6-4-3-5-7-9-11-19-13-15-29-16-14-19/h19-22,24-29,31-32,34-37H,2-18H2,1H3,(H,30,33)/t20-,21+,22?,24-,25?,26?,27?,28?/m0/s1. The molecule has 230 valence electrons. The number of unbranched alkanes of at least 4 members (excludes halogenated alkanes) is 7. The Kier molecular flexibility index (Phi) is 17.0. The molecule has 2 heterocycles. The van der Waals surface area contributed by atoms with E-state index in [2.05, 4.69) is 10.6 Å². The molecule has 0 radical (unpaired) electrons. The lowest BCUT2D eigenvalue weighted by molar-refractivity contribution is -0.303. The molecule has 0 aliphatic carbocycles. The van der Waals surface area contributed by atoms with E-state index >= 15 is 0 Å². The van der Waals surface area contributed by atoms with E-state index in [9.17, 15) is 35.4 Å². The maximum atomic E-state index is 12.6. The average Bonchev–Trinajstić information content (AvgIpc) is 2.95. The minimum absolute atomic E-state index is 0.256. The summed E-state index contributed by atoms with van der Waals surface area (Å²) in [6.45, 7) is 3.12. The Morgan fingerprint density at radius 2 is 1.56 bits per heavy atom. The predicted molar refractivity (Wildman–Crippen MR) is 146 cm³/mol. The normalized spacial score (nSPS) is 28.6. The van der Waals surface area contributed by atoms with Crippen LogP contribution in [0.1, 0.15) is 90.4 Å². The van der Waals surface area contributed by atoms with Crippen LogP contribution in [-0.4, -0.2) is 112 Å². The van der Waals surface area contributed by atoms with Crippen LogP contribution in [0.5, 0.6) is 0 Å². The maximum absolute atomic E-state index is 12.6. The number of hydrogen-bond acceptors (Lipinski definition) is 10. The van der Waals surface area contributed by atoms with Crippen molar-refractivity contribution in [1.29, 1.82) is 0 Å². The summed E-state index contributed by atoms with van der Waals surface area (Å²) in [5.41, 5.74) is 0. The number of aliphatic hydroxyl groups is 6. The molecule has 1 amide bonds. The Balaban J connectivity index is 1.64. The molecule has 8 atom stereocenters. The van der Waals surface area contributed by atoms with Crippen molar-refractivity contribution in [3.8, 4) is 0 Å². The molecule has 0 spiro atoms. The number of carbonyl (C=O) groups excluding carboxylic acids is 1. The first kappa shape index (κ1) is 34.3. The van der Waals surface area contributed by atoms with E-state index in [1.54, 1.807) is 6.92 Å². The molecule has 0 saturated carbocycles. The number of rotatable bonds is 19. The van der Waals surface area contributed by atoms with Crippen LogP contribution in [0.15, 0.2) is 0 Å². The zero-order chi connectivity index (χ0) is 28.6. The SMILES string of the molecule is CC[C@@H](O)[C@@H](O)[C@H](COC1OC(CO)C(O)C(O)C1O)NC(=O)CCCCCCCCCCC1CCNCC1. The average molecular weight is 563 g/mol. The van der Waals surface area contributed by atoms with Crippen molar-refractivity contribution in [2.45, 2.75) is 139 Å². The molecule has 0 bridgehead atoms. The highest BCUT2D eigenvalue weighted by Gasteiger charge is 2.44. The zero-order valence-corrected chi connectivity index (χ0v) is 23.6. The summed E-state index contributed by atoms with van der Waals surface area (Å²) in [6.07, 6.45) is 3.86. The lowest BCUT2D eigenvalue weighted by atomic mass is 9.92. The number of hydrogen-bond donors (Lipinski definition) is 8. The molecular weight excluding hydrogens is 508 g/mol. The van der Waals surface area contributed by atoms with E-state index < -0.39 is 55.6 Å². The van der Waals surface area contributed by atoms with E-state index in [0.29, 0.717) is 6.42 Å². The van der Waals surface area contributed by atoms with Gasteiger partial charge in [-0.15, -0.1) is 0 Å². The van der Waals surface area contributed by atoms with Gasteiger partial charge in [0.1, 0.15) is 30.5 Å². The summed E-state index contributed by atoms with van der Waals surface area (Å²) >= 11 is 0. The largest absolute Gasteiger partial charge is 0.394 e. The van der Waals surface area contributed by atoms with E-state index in [1.807, 2.05) is 0 Å². The fourth-order valence-corrected chi connectivity index (χ4v) is 5.37. The Morgan fingerprint density at radius 1 is 0.949 bits per heavy atom. The summed E-state index contributed by atoms with van der Waals surface area (Å²) in [7, 11) is 0. The molecule has 2 rings (SSSR count). The Labute approximate surface area is 233 Å². The maximum Gasteiger partial charge on any atom is 0.220 e.